The van der Waals surface area contributed by atoms with Crippen LogP contribution in [0.3, 0.4) is 0 Å². The van der Waals surface area contributed by atoms with E-state index in [2.05, 4.69) is 15.0 Å². The molecular formula is C7H8N4O3. The van der Waals surface area contributed by atoms with Gasteiger partial charge in [0.15, 0.2) is 5.52 Å². The summed E-state index contributed by atoms with van der Waals surface area (Å²) >= 11 is 0. The molecule has 7 heteroatoms. The first kappa shape index (κ1) is 8.70. The Morgan fingerprint density at radius 3 is 2.79 bits per heavy atom. The van der Waals surface area contributed by atoms with Gasteiger partial charge in [0, 0.05) is 7.05 Å². The largest absolute Gasteiger partial charge is 0.388 e. The molecule has 0 saturated carbocycles. The van der Waals surface area contributed by atoms with Gasteiger partial charge in [-0.05, 0) is 0 Å². The Hall–Kier alpha value is -1.89. The van der Waals surface area contributed by atoms with Crippen molar-refractivity contribution in [1.29, 1.82) is 0 Å². The molecule has 0 aliphatic heterocycles. The molecule has 0 unspecified atom stereocenters. The zero-order valence-electron chi connectivity index (χ0n) is 7.37. The summed E-state index contributed by atoms with van der Waals surface area (Å²) in [5.41, 5.74) is -0.715. The maximum Gasteiger partial charge on any atom is 0.327 e. The Kier molecular flexibility index (Phi) is 1.74. The van der Waals surface area contributed by atoms with E-state index < -0.39 is 11.2 Å². The minimum Gasteiger partial charge on any atom is -0.388 e. The maximum absolute atomic E-state index is 11.2. The molecule has 0 radical (unpaired) electrons. The van der Waals surface area contributed by atoms with Crippen LogP contribution in [0.25, 0.3) is 11.2 Å². The smallest absolute Gasteiger partial charge is 0.327 e. The minimum atomic E-state index is -0.588. The number of aromatic nitrogens is 4. The SMILES string of the molecule is Cn1c(CO)nc2c(=O)[nH]c(=O)[nH]c21. The summed E-state index contributed by atoms with van der Waals surface area (Å²) in [6.45, 7) is -0.285. The molecule has 3 N–H and O–H groups in total. The van der Waals surface area contributed by atoms with Gasteiger partial charge in [-0.1, -0.05) is 0 Å². The molecule has 14 heavy (non-hydrogen) atoms. The molecule has 2 aromatic heterocycles. The molecule has 0 fully saturated rings. The molecule has 0 atom stereocenters. The lowest BCUT2D eigenvalue weighted by Gasteiger charge is -1.95. The number of nitrogens with zero attached hydrogens (tertiary/aromatic N) is 2. The maximum atomic E-state index is 11.2. The van der Waals surface area contributed by atoms with E-state index in [4.69, 9.17) is 5.11 Å². The van der Waals surface area contributed by atoms with E-state index in [0.717, 1.165) is 0 Å². The van der Waals surface area contributed by atoms with E-state index in [1.54, 1.807) is 7.05 Å². The third-order valence-corrected chi connectivity index (χ3v) is 2.00. The van der Waals surface area contributed by atoms with Crippen LogP contribution in [-0.4, -0.2) is 24.6 Å². The number of nitrogens with one attached hydrogen (secondary N) is 2. The molecule has 74 valence electrons. The topological polar surface area (TPSA) is 104 Å². The van der Waals surface area contributed by atoms with Gasteiger partial charge < -0.3 is 9.67 Å². The monoisotopic (exact) mass is 196 g/mol. The van der Waals surface area contributed by atoms with Gasteiger partial charge >= 0.3 is 5.69 Å². The third-order valence-electron chi connectivity index (χ3n) is 2.00. The lowest BCUT2D eigenvalue weighted by Crippen LogP contribution is -2.22. The molecule has 2 heterocycles. The first-order valence-corrected chi connectivity index (χ1v) is 3.92. The number of aliphatic hydroxyl groups excluding tert-OH is 1. The van der Waals surface area contributed by atoms with E-state index in [1.807, 2.05) is 0 Å². The average molecular weight is 196 g/mol. The third kappa shape index (κ3) is 1.06. The highest BCUT2D eigenvalue weighted by atomic mass is 16.3. The summed E-state index contributed by atoms with van der Waals surface area (Å²) in [7, 11) is 1.61. The van der Waals surface area contributed by atoms with Crippen LogP contribution in [0.2, 0.25) is 0 Å². The lowest BCUT2D eigenvalue weighted by atomic mass is 10.5. The Morgan fingerprint density at radius 1 is 1.43 bits per heavy atom. The van der Waals surface area contributed by atoms with Gasteiger partial charge in [-0.2, -0.15) is 0 Å². The van der Waals surface area contributed by atoms with Gasteiger partial charge in [0.2, 0.25) is 0 Å². The quantitative estimate of drug-likeness (QED) is 0.513. The Labute approximate surface area is 77.0 Å². The number of hydrogen-bond donors (Lipinski definition) is 3. The minimum absolute atomic E-state index is 0.121. The van der Waals surface area contributed by atoms with E-state index in [0.29, 0.717) is 11.5 Å². The molecule has 0 aliphatic rings. The van der Waals surface area contributed by atoms with Crippen molar-refractivity contribution in [3.63, 3.8) is 0 Å². The van der Waals surface area contributed by atoms with Gasteiger partial charge in [0.05, 0.1) is 0 Å². The van der Waals surface area contributed by atoms with E-state index in [-0.39, 0.29) is 12.1 Å². The second kappa shape index (κ2) is 2.81. The van der Waals surface area contributed by atoms with Crippen molar-refractivity contribution in [1.82, 2.24) is 19.5 Å². The normalized spacial score (nSPS) is 11.0. The molecule has 0 saturated heterocycles. The Morgan fingerprint density at radius 2 is 2.14 bits per heavy atom. The highest BCUT2D eigenvalue weighted by Gasteiger charge is 2.10. The number of fused-ring (bicyclic) bond motifs is 1. The van der Waals surface area contributed by atoms with E-state index in [9.17, 15) is 9.59 Å². The molecule has 7 nitrogen and oxygen atoms in total. The van der Waals surface area contributed by atoms with Crippen molar-refractivity contribution >= 4 is 11.2 Å². The first-order chi connectivity index (χ1) is 6.63. The Balaban J connectivity index is 2.99. The summed E-state index contributed by atoms with van der Waals surface area (Å²) < 4.78 is 1.46. The predicted octanol–water partition coefficient (Wildman–Crippen LogP) is -1.56. The van der Waals surface area contributed by atoms with Gasteiger partial charge in [0.25, 0.3) is 5.56 Å². The molecule has 0 aromatic carbocycles. The zero-order chi connectivity index (χ0) is 10.3. The number of H-pyrrole nitrogens is 2. The second-order valence-electron chi connectivity index (χ2n) is 2.85. The van der Waals surface area contributed by atoms with Crippen LogP contribution in [-0.2, 0) is 13.7 Å². The molecule has 0 spiro atoms. The van der Waals surface area contributed by atoms with E-state index in [1.165, 1.54) is 4.57 Å². The summed E-state index contributed by atoms with van der Waals surface area (Å²) in [6.07, 6.45) is 0. The van der Waals surface area contributed by atoms with Crippen molar-refractivity contribution < 1.29 is 5.11 Å². The lowest BCUT2D eigenvalue weighted by molar-refractivity contribution is 0.268. The second-order valence-corrected chi connectivity index (χ2v) is 2.85. The summed E-state index contributed by atoms with van der Waals surface area (Å²) in [5, 5.41) is 8.89. The summed E-state index contributed by atoms with van der Waals surface area (Å²) in [4.78, 5) is 30.5. The molecular weight excluding hydrogens is 188 g/mol. The van der Waals surface area contributed by atoms with Gasteiger partial charge in [-0.3, -0.25) is 14.8 Å². The van der Waals surface area contributed by atoms with Crippen molar-refractivity contribution in [3.8, 4) is 0 Å². The number of aromatic amines is 2. The van der Waals surface area contributed by atoms with E-state index >= 15 is 0 Å². The number of aliphatic hydroxyl groups is 1. The number of rotatable bonds is 1. The van der Waals surface area contributed by atoms with Gasteiger partial charge in [-0.15, -0.1) is 0 Å². The molecule has 2 aromatic rings. The fourth-order valence-corrected chi connectivity index (χ4v) is 1.29. The first-order valence-electron chi connectivity index (χ1n) is 3.92. The molecule has 0 aliphatic carbocycles. The van der Waals surface area contributed by atoms with Crippen molar-refractivity contribution in [2.75, 3.05) is 0 Å². The summed E-state index contributed by atoms with van der Waals surface area (Å²) in [6, 6.07) is 0. The number of aryl methyl sites for hydroxylation is 1. The van der Waals surface area contributed by atoms with Crippen LogP contribution in [0, 0.1) is 0 Å². The highest BCUT2D eigenvalue weighted by molar-refractivity contribution is 5.69. The van der Waals surface area contributed by atoms with Crippen LogP contribution in [0.4, 0.5) is 0 Å². The fraction of sp³-hybridized carbons (Fsp3) is 0.286. The summed E-state index contributed by atoms with van der Waals surface area (Å²) in [5.74, 6) is 0.326. The van der Waals surface area contributed by atoms with Gasteiger partial charge in [-0.25, -0.2) is 9.78 Å². The van der Waals surface area contributed by atoms with Crippen LogP contribution >= 0.6 is 0 Å². The number of hydrogen-bond acceptors (Lipinski definition) is 4. The molecule has 0 bridgehead atoms. The highest BCUT2D eigenvalue weighted by Crippen LogP contribution is 2.05. The van der Waals surface area contributed by atoms with Crippen molar-refractivity contribution in [2.45, 2.75) is 6.61 Å². The standard InChI is InChI=1S/C7H8N4O3/c1-11-3(2-12)8-4-5(11)9-7(14)10-6(4)13/h12H,2H2,1H3,(H2,9,10,13,14). The average Bonchev–Trinajstić information content (AvgIpc) is 2.44. The molecule has 2 rings (SSSR count). The molecule has 0 amide bonds. The number of imidazole rings is 1. The predicted molar refractivity (Wildman–Crippen MR) is 47.9 cm³/mol. The van der Waals surface area contributed by atoms with Crippen LogP contribution in [0.1, 0.15) is 5.82 Å². The zero-order valence-corrected chi connectivity index (χ0v) is 7.37. The van der Waals surface area contributed by atoms with Crippen LogP contribution in [0.5, 0.6) is 0 Å². The Bertz CT molecular complexity index is 591. The van der Waals surface area contributed by atoms with Gasteiger partial charge in [0.1, 0.15) is 18.1 Å². The van der Waals surface area contributed by atoms with Crippen LogP contribution < -0.4 is 11.2 Å². The van der Waals surface area contributed by atoms with Crippen LogP contribution in [0.15, 0.2) is 9.59 Å². The van der Waals surface area contributed by atoms with Crippen molar-refractivity contribution in [2.24, 2.45) is 7.05 Å². The van der Waals surface area contributed by atoms with Crippen molar-refractivity contribution in [3.05, 3.63) is 26.7 Å². The fourth-order valence-electron chi connectivity index (χ4n) is 1.29.